The van der Waals surface area contributed by atoms with Crippen molar-refractivity contribution >= 4 is 28.7 Å². The molecule has 1 atom stereocenters. The van der Waals surface area contributed by atoms with Crippen molar-refractivity contribution in [3.63, 3.8) is 0 Å². The Kier molecular flexibility index (Phi) is 6.03. The Morgan fingerprint density at radius 3 is 2.80 bits per heavy atom. The lowest BCUT2D eigenvalue weighted by Gasteiger charge is -2.40. The molecule has 1 amide bonds. The lowest BCUT2D eigenvalue weighted by Crippen LogP contribution is -2.52. The molecule has 2 aliphatic heterocycles. The summed E-state index contributed by atoms with van der Waals surface area (Å²) in [6, 6.07) is 3.56. The van der Waals surface area contributed by atoms with Crippen molar-refractivity contribution in [3.05, 3.63) is 36.2 Å². The van der Waals surface area contributed by atoms with E-state index in [0.717, 1.165) is 23.9 Å². The molecule has 1 fully saturated rings. The number of furan rings is 1. The van der Waals surface area contributed by atoms with E-state index in [2.05, 4.69) is 16.0 Å². The topological polar surface area (TPSA) is 96.1 Å². The molecule has 1 unspecified atom stereocenters. The zero-order chi connectivity index (χ0) is 21.1. The predicted octanol–water partition coefficient (Wildman–Crippen LogP) is 3.24. The van der Waals surface area contributed by atoms with Gasteiger partial charge in [0.2, 0.25) is 5.71 Å². The molecule has 4 rings (SSSR count). The van der Waals surface area contributed by atoms with Gasteiger partial charge in [-0.3, -0.25) is 9.69 Å². The molecule has 0 radical (unpaired) electrons. The van der Waals surface area contributed by atoms with Gasteiger partial charge in [-0.05, 0) is 49.8 Å². The van der Waals surface area contributed by atoms with E-state index >= 15 is 0 Å². The molecule has 0 aliphatic carbocycles. The smallest absolute Gasteiger partial charge is 0.407 e. The Balaban J connectivity index is 1.50. The van der Waals surface area contributed by atoms with Crippen molar-refractivity contribution in [1.82, 2.24) is 14.8 Å². The summed E-state index contributed by atoms with van der Waals surface area (Å²) in [6.45, 7) is 4.45. The first-order valence-corrected chi connectivity index (χ1v) is 10.5. The second-order valence-electron chi connectivity index (χ2n) is 7.78. The number of esters is 1. The summed E-state index contributed by atoms with van der Waals surface area (Å²) in [4.78, 5) is 31.9. The monoisotopic (exact) mass is 413 g/mol. The van der Waals surface area contributed by atoms with E-state index < -0.39 is 6.09 Å². The average molecular weight is 413 g/mol. The number of carbonyl (C=O) groups is 2. The number of pyridine rings is 1. The fourth-order valence-electron chi connectivity index (χ4n) is 4.57. The summed E-state index contributed by atoms with van der Waals surface area (Å²) >= 11 is 0. The van der Waals surface area contributed by atoms with Crippen molar-refractivity contribution in [2.24, 2.45) is 5.92 Å². The molecule has 0 spiro atoms. The van der Waals surface area contributed by atoms with Gasteiger partial charge in [-0.1, -0.05) is 6.08 Å². The average Bonchev–Trinajstić information content (AvgIpc) is 3.19. The summed E-state index contributed by atoms with van der Waals surface area (Å²) in [5.41, 5.74) is 2.88. The quantitative estimate of drug-likeness (QED) is 0.752. The molecule has 0 saturated carbocycles. The Labute approximate surface area is 175 Å². The van der Waals surface area contributed by atoms with E-state index in [1.165, 1.54) is 10.5 Å². The summed E-state index contributed by atoms with van der Waals surface area (Å²) < 4.78 is 11.0. The Morgan fingerprint density at radius 2 is 2.13 bits per heavy atom. The summed E-state index contributed by atoms with van der Waals surface area (Å²) in [7, 11) is 0. The number of fused-ring (bicyclic) bond motifs is 1. The van der Waals surface area contributed by atoms with Crippen LogP contribution in [0.4, 0.5) is 4.79 Å². The normalized spacial score (nSPS) is 19.5. The number of rotatable bonds is 5. The lowest BCUT2D eigenvalue weighted by atomic mass is 9.87. The maximum Gasteiger partial charge on any atom is 0.407 e. The number of aromatic nitrogens is 1. The number of nitrogens with zero attached hydrogens (tertiary/aromatic N) is 3. The molecule has 30 heavy (non-hydrogen) atoms. The molecular formula is C22H27N3O5. The largest absolute Gasteiger partial charge is 0.465 e. The zero-order valence-corrected chi connectivity index (χ0v) is 17.1. The highest BCUT2D eigenvalue weighted by molar-refractivity contribution is 5.89. The van der Waals surface area contributed by atoms with Crippen LogP contribution in [-0.2, 0) is 9.53 Å². The minimum atomic E-state index is -0.895. The molecular weight excluding hydrogens is 386 g/mol. The molecule has 2 aromatic rings. The molecule has 2 aromatic heterocycles. The minimum Gasteiger partial charge on any atom is -0.465 e. The molecule has 0 bridgehead atoms. The van der Waals surface area contributed by atoms with E-state index in [1.807, 2.05) is 19.1 Å². The van der Waals surface area contributed by atoms with Crippen molar-refractivity contribution in [1.29, 1.82) is 0 Å². The van der Waals surface area contributed by atoms with Crippen molar-refractivity contribution in [2.45, 2.75) is 32.2 Å². The zero-order valence-electron chi connectivity index (χ0n) is 17.1. The molecule has 4 heterocycles. The minimum absolute atomic E-state index is 0.0913. The van der Waals surface area contributed by atoms with Gasteiger partial charge in [-0.2, -0.15) is 0 Å². The van der Waals surface area contributed by atoms with Gasteiger partial charge in [0.1, 0.15) is 12.3 Å². The number of carbonyl (C=O) groups excluding carboxylic acids is 1. The van der Waals surface area contributed by atoms with Crippen molar-refractivity contribution in [2.75, 3.05) is 32.8 Å². The highest BCUT2D eigenvalue weighted by atomic mass is 16.5. The van der Waals surface area contributed by atoms with Crippen LogP contribution in [0.25, 0.3) is 16.7 Å². The van der Waals surface area contributed by atoms with E-state index in [9.17, 15) is 14.7 Å². The lowest BCUT2D eigenvalue weighted by molar-refractivity contribution is -0.152. The van der Waals surface area contributed by atoms with Gasteiger partial charge in [-0.15, -0.1) is 0 Å². The van der Waals surface area contributed by atoms with Crippen molar-refractivity contribution in [3.8, 4) is 0 Å². The van der Waals surface area contributed by atoms with Gasteiger partial charge in [0, 0.05) is 43.3 Å². The van der Waals surface area contributed by atoms with Crippen LogP contribution in [0.15, 0.2) is 35.1 Å². The van der Waals surface area contributed by atoms with Gasteiger partial charge >= 0.3 is 12.1 Å². The number of piperidine rings is 1. The molecule has 8 nitrogen and oxygen atoms in total. The van der Waals surface area contributed by atoms with E-state index in [1.54, 1.807) is 12.5 Å². The summed E-state index contributed by atoms with van der Waals surface area (Å²) in [5, 5.41) is 10.2. The summed E-state index contributed by atoms with van der Waals surface area (Å²) in [5.74, 6) is -0.116. The van der Waals surface area contributed by atoms with Gasteiger partial charge in [0.25, 0.3) is 0 Å². The number of carboxylic acid groups (broad SMARTS) is 1. The number of amides is 1. The number of likely N-dealkylation sites (tertiary alicyclic amines) is 1. The first-order valence-electron chi connectivity index (χ1n) is 10.5. The van der Waals surface area contributed by atoms with Crippen LogP contribution in [0.2, 0.25) is 0 Å². The third-order valence-electron chi connectivity index (χ3n) is 6.11. The first-order chi connectivity index (χ1) is 14.6. The SMILES string of the molecule is CCOC(=O)C(C1CCN(C(=O)O)CC1)N1CC=C(c2coc3ncccc23)CC1. The molecule has 160 valence electrons. The van der Waals surface area contributed by atoms with Gasteiger partial charge in [0.05, 0.1) is 6.61 Å². The molecule has 1 N–H and O–H groups in total. The van der Waals surface area contributed by atoms with Gasteiger partial charge in [-0.25, -0.2) is 9.78 Å². The third kappa shape index (κ3) is 4.05. The summed E-state index contributed by atoms with van der Waals surface area (Å²) in [6.07, 6.45) is 6.86. The predicted molar refractivity (Wildman–Crippen MR) is 111 cm³/mol. The van der Waals surface area contributed by atoms with Crippen LogP contribution in [0.1, 0.15) is 31.7 Å². The Bertz CT molecular complexity index is 945. The van der Waals surface area contributed by atoms with Crippen LogP contribution < -0.4 is 0 Å². The van der Waals surface area contributed by atoms with Crippen LogP contribution in [0.3, 0.4) is 0 Å². The van der Waals surface area contributed by atoms with Crippen LogP contribution in [0.5, 0.6) is 0 Å². The van der Waals surface area contributed by atoms with Gasteiger partial charge in [0.15, 0.2) is 0 Å². The van der Waals surface area contributed by atoms with Crippen LogP contribution in [-0.4, -0.2) is 70.8 Å². The third-order valence-corrected chi connectivity index (χ3v) is 6.11. The first kappa shape index (κ1) is 20.4. The number of hydrogen-bond acceptors (Lipinski definition) is 6. The van der Waals surface area contributed by atoms with Crippen molar-refractivity contribution < 1.29 is 23.8 Å². The Morgan fingerprint density at radius 1 is 1.33 bits per heavy atom. The Hall–Kier alpha value is -2.87. The second-order valence-corrected chi connectivity index (χ2v) is 7.78. The maximum absolute atomic E-state index is 12.8. The molecule has 2 aliphatic rings. The standard InChI is InChI=1S/C22H27N3O5/c1-2-29-21(26)19(16-7-12-25(13-8-16)22(27)28)24-10-5-15(6-11-24)18-14-30-20-17(18)4-3-9-23-20/h3-5,9,14,16,19H,2,6-8,10-13H2,1H3,(H,27,28). The fraction of sp³-hybridized carbons (Fsp3) is 0.500. The van der Waals surface area contributed by atoms with Crippen LogP contribution >= 0.6 is 0 Å². The van der Waals surface area contributed by atoms with E-state index in [4.69, 9.17) is 9.15 Å². The molecule has 0 aromatic carbocycles. The highest BCUT2D eigenvalue weighted by Gasteiger charge is 2.38. The molecule has 8 heteroatoms. The second kappa shape index (κ2) is 8.87. The highest BCUT2D eigenvalue weighted by Crippen LogP contribution is 2.32. The van der Waals surface area contributed by atoms with Gasteiger partial charge < -0.3 is 19.2 Å². The van der Waals surface area contributed by atoms with Crippen LogP contribution in [0, 0.1) is 5.92 Å². The van der Waals surface area contributed by atoms with E-state index in [-0.39, 0.29) is 17.9 Å². The fourth-order valence-corrected chi connectivity index (χ4v) is 4.57. The molecule has 1 saturated heterocycles. The number of ether oxygens (including phenoxy) is 1. The number of hydrogen-bond donors (Lipinski definition) is 1. The maximum atomic E-state index is 12.8. The van der Waals surface area contributed by atoms with E-state index in [0.29, 0.717) is 44.8 Å².